The number of aliphatic hydroxyl groups excluding tert-OH is 2. The van der Waals surface area contributed by atoms with E-state index in [1.54, 1.807) is 39.0 Å². The summed E-state index contributed by atoms with van der Waals surface area (Å²) in [6, 6.07) is 0. The summed E-state index contributed by atoms with van der Waals surface area (Å²) in [6.45, 7) is 12.7. The van der Waals surface area contributed by atoms with Crippen LogP contribution in [0.1, 0.15) is 119 Å². The zero-order valence-electron chi connectivity index (χ0n) is 28.5. The maximum absolute atomic E-state index is 14.7. The molecule has 2 fully saturated rings. The zero-order chi connectivity index (χ0) is 33.4. The second kappa shape index (κ2) is 13.4. The van der Waals surface area contributed by atoms with Crippen molar-refractivity contribution in [3.63, 3.8) is 0 Å². The van der Waals surface area contributed by atoms with Crippen LogP contribution in [0.5, 0.6) is 0 Å². The van der Waals surface area contributed by atoms with Crippen LogP contribution in [0.4, 0.5) is 0 Å². The van der Waals surface area contributed by atoms with Gasteiger partial charge in [0.15, 0.2) is 5.78 Å². The maximum atomic E-state index is 14.7. The lowest BCUT2D eigenvalue weighted by Crippen LogP contribution is -2.65. The van der Waals surface area contributed by atoms with Gasteiger partial charge in [0.25, 0.3) is 0 Å². The highest BCUT2D eigenvalue weighted by molar-refractivity contribution is 5.96. The lowest BCUT2D eigenvalue weighted by atomic mass is 9.59. The van der Waals surface area contributed by atoms with E-state index in [9.17, 15) is 29.7 Å². The summed E-state index contributed by atoms with van der Waals surface area (Å²) in [5.41, 5.74) is -4.48. The summed E-state index contributed by atoms with van der Waals surface area (Å²) >= 11 is 0. The van der Waals surface area contributed by atoms with E-state index in [1.165, 1.54) is 38.5 Å². The SMILES string of the molecule is C/C=C(\C)C(=O)OCC1=C[C@@H]2C(=O)[C@]3(C=C(C)[C@H](O)[C@@]3(O)[C@@H]1O)[C@H](C)C[C@]1(OC(=O)CCCCCCCCCCC)[C@H]2C1(C)C. The summed E-state index contributed by atoms with van der Waals surface area (Å²) in [5, 5.41) is 35.4. The Hall–Kier alpha value is -2.29. The predicted molar refractivity (Wildman–Crippen MR) is 172 cm³/mol. The fraction of sp³-hybridized carbons (Fsp3) is 0.757. The Balaban J connectivity index is 1.59. The number of esters is 2. The highest BCUT2D eigenvalue weighted by Crippen LogP contribution is 2.75. The molecule has 1 spiro atoms. The molecule has 8 heteroatoms. The van der Waals surface area contributed by atoms with E-state index in [1.807, 2.05) is 20.8 Å². The van der Waals surface area contributed by atoms with Crippen LogP contribution >= 0.6 is 0 Å². The molecule has 4 aliphatic rings. The van der Waals surface area contributed by atoms with Gasteiger partial charge in [-0.05, 0) is 50.7 Å². The van der Waals surface area contributed by atoms with Crippen molar-refractivity contribution in [3.05, 3.63) is 34.9 Å². The molecule has 8 atom stereocenters. The number of unbranched alkanes of at least 4 members (excludes halogenated alkanes) is 8. The van der Waals surface area contributed by atoms with Crippen LogP contribution in [-0.2, 0) is 23.9 Å². The normalized spacial score (nSPS) is 36.6. The van der Waals surface area contributed by atoms with Gasteiger partial charge in [0, 0.05) is 29.2 Å². The van der Waals surface area contributed by atoms with Gasteiger partial charge >= 0.3 is 11.9 Å². The molecule has 4 aliphatic carbocycles. The fourth-order valence-electron chi connectivity index (χ4n) is 8.93. The first-order valence-corrected chi connectivity index (χ1v) is 17.2. The van der Waals surface area contributed by atoms with E-state index in [0.29, 0.717) is 24.0 Å². The number of ketones is 1. The van der Waals surface area contributed by atoms with Gasteiger partial charge < -0.3 is 24.8 Å². The summed E-state index contributed by atoms with van der Waals surface area (Å²) in [4.78, 5) is 40.6. The van der Waals surface area contributed by atoms with Gasteiger partial charge in [-0.3, -0.25) is 9.59 Å². The number of ether oxygens (including phenoxy) is 2. The smallest absolute Gasteiger partial charge is 0.333 e. The van der Waals surface area contributed by atoms with Gasteiger partial charge in [-0.1, -0.05) is 97.3 Å². The molecule has 0 aromatic carbocycles. The minimum absolute atomic E-state index is 0.156. The van der Waals surface area contributed by atoms with Crippen molar-refractivity contribution in [1.82, 2.24) is 0 Å². The Morgan fingerprint density at radius 1 is 1.02 bits per heavy atom. The van der Waals surface area contributed by atoms with Crippen molar-refractivity contribution >= 4 is 17.7 Å². The number of carbonyl (C=O) groups is 3. The Kier molecular flexibility index (Phi) is 10.6. The van der Waals surface area contributed by atoms with Crippen LogP contribution in [0.3, 0.4) is 0 Å². The fourth-order valence-corrected chi connectivity index (χ4v) is 8.93. The quantitative estimate of drug-likeness (QED) is 0.0936. The van der Waals surface area contributed by atoms with Crippen LogP contribution in [-0.4, -0.2) is 63.1 Å². The maximum Gasteiger partial charge on any atom is 0.333 e. The number of rotatable bonds is 14. The average molecular weight is 629 g/mol. The zero-order valence-corrected chi connectivity index (χ0v) is 28.5. The monoisotopic (exact) mass is 628 g/mol. The second-order valence-electron chi connectivity index (χ2n) is 14.8. The molecule has 45 heavy (non-hydrogen) atoms. The predicted octanol–water partition coefficient (Wildman–Crippen LogP) is 5.92. The highest BCUT2D eigenvalue weighted by Gasteiger charge is 2.83. The van der Waals surface area contributed by atoms with Crippen molar-refractivity contribution in [2.45, 2.75) is 143 Å². The third-order valence-corrected chi connectivity index (χ3v) is 11.8. The summed E-state index contributed by atoms with van der Waals surface area (Å²) in [7, 11) is 0. The van der Waals surface area contributed by atoms with Crippen molar-refractivity contribution in [1.29, 1.82) is 0 Å². The largest absolute Gasteiger partial charge is 0.458 e. The minimum atomic E-state index is -2.28. The summed E-state index contributed by atoms with van der Waals surface area (Å²) in [6.07, 6.45) is 12.6. The minimum Gasteiger partial charge on any atom is -0.458 e. The molecule has 0 aromatic heterocycles. The molecule has 2 bridgehead atoms. The molecule has 3 N–H and O–H groups in total. The molecule has 252 valence electrons. The van der Waals surface area contributed by atoms with Gasteiger partial charge in [-0.15, -0.1) is 0 Å². The Morgan fingerprint density at radius 2 is 1.62 bits per heavy atom. The molecule has 0 saturated heterocycles. The first-order chi connectivity index (χ1) is 21.2. The average Bonchev–Trinajstić information content (AvgIpc) is 3.41. The lowest BCUT2D eigenvalue weighted by Gasteiger charge is -2.48. The first kappa shape index (κ1) is 35.6. The second-order valence-corrected chi connectivity index (χ2v) is 14.8. The number of fused-ring (bicyclic) bond motifs is 3. The molecule has 4 rings (SSSR count). The Labute approximate surface area is 269 Å². The third kappa shape index (κ3) is 5.78. The third-order valence-electron chi connectivity index (χ3n) is 11.8. The highest BCUT2D eigenvalue weighted by atomic mass is 16.6. The Bertz CT molecular complexity index is 1240. The number of carbonyl (C=O) groups excluding carboxylic acids is 3. The van der Waals surface area contributed by atoms with Crippen molar-refractivity contribution in [2.75, 3.05) is 6.61 Å². The van der Waals surface area contributed by atoms with E-state index in [-0.39, 0.29) is 23.9 Å². The van der Waals surface area contributed by atoms with Gasteiger partial charge in [0.1, 0.15) is 30.0 Å². The van der Waals surface area contributed by atoms with E-state index in [4.69, 9.17) is 9.47 Å². The molecule has 0 heterocycles. The number of Topliss-reactive ketones (excluding diaryl/α,β-unsaturated/α-hetero) is 1. The van der Waals surface area contributed by atoms with E-state index >= 15 is 0 Å². The summed E-state index contributed by atoms with van der Waals surface area (Å²) < 4.78 is 11.9. The van der Waals surface area contributed by atoms with Crippen molar-refractivity contribution < 1.29 is 39.2 Å². The first-order valence-electron chi connectivity index (χ1n) is 17.2. The van der Waals surface area contributed by atoms with E-state index < -0.39 is 58.0 Å². The number of hydrogen-bond donors (Lipinski definition) is 3. The van der Waals surface area contributed by atoms with E-state index in [0.717, 1.165) is 19.3 Å². The Morgan fingerprint density at radius 3 is 2.22 bits per heavy atom. The topological polar surface area (TPSA) is 130 Å². The molecular formula is C37H56O8. The standard InChI is InChI=1S/C37H56O8/c1-8-10-11-12-13-14-15-16-17-18-28(38)45-36-21-25(5)35-20-24(4)30(39)37(35,43)31(40)26(22-44-33(42)23(3)9-2)19-27(32(35)41)29(36)34(36,6)7/h9,19-20,25,27,29-31,39-40,43H,8,10-18,21-22H2,1-7H3/b23-9+/t25-,27+,29-,30+,31-,35+,36+,37-/m1/s1. The number of aliphatic hydroxyl groups is 3. The molecule has 2 saturated carbocycles. The van der Waals surface area contributed by atoms with Gasteiger partial charge in [0.2, 0.25) is 0 Å². The van der Waals surface area contributed by atoms with Crippen LogP contribution < -0.4 is 0 Å². The van der Waals surface area contributed by atoms with Crippen LogP contribution in [0.15, 0.2) is 34.9 Å². The molecule has 0 amide bonds. The van der Waals surface area contributed by atoms with Gasteiger partial charge in [-0.25, -0.2) is 4.79 Å². The lowest BCUT2D eigenvalue weighted by molar-refractivity contribution is -0.192. The van der Waals surface area contributed by atoms with Crippen LogP contribution in [0.2, 0.25) is 0 Å². The molecule has 0 aliphatic heterocycles. The molecule has 0 aromatic rings. The molecular weight excluding hydrogens is 572 g/mol. The molecule has 0 radical (unpaired) electrons. The van der Waals surface area contributed by atoms with Crippen LogP contribution in [0, 0.1) is 28.6 Å². The van der Waals surface area contributed by atoms with Crippen molar-refractivity contribution in [3.8, 4) is 0 Å². The number of hydrogen-bond acceptors (Lipinski definition) is 8. The summed E-state index contributed by atoms with van der Waals surface area (Å²) in [5.74, 6) is -2.99. The molecule has 0 unspecified atom stereocenters. The van der Waals surface area contributed by atoms with Crippen molar-refractivity contribution in [2.24, 2.45) is 28.6 Å². The van der Waals surface area contributed by atoms with Crippen LogP contribution in [0.25, 0.3) is 0 Å². The number of allylic oxidation sites excluding steroid dienone is 2. The van der Waals surface area contributed by atoms with Gasteiger partial charge in [-0.2, -0.15) is 0 Å². The molecule has 8 nitrogen and oxygen atoms in total. The van der Waals surface area contributed by atoms with E-state index in [2.05, 4.69) is 6.92 Å². The van der Waals surface area contributed by atoms with Gasteiger partial charge in [0.05, 0.1) is 5.41 Å².